The van der Waals surface area contributed by atoms with E-state index in [4.69, 9.17) is 21.1 Å². The summed E-state index contributed by atoms with van der Waals surface area (Å²) >= 11 is 5.95. The summed E-state index contributed by atoms with van der Waals surface area (Å²) in [4.78, 5) is 25.0. The molecule has 2 N–H and O–H groups in total. The lowest BCUT2D eigenvalue weighted by Gasteiger charge is -2.19. The van der Waals surface area contributed by atoms with Crippen molar-refractivity contribution in [1.29, 1.82) is 0 Å². The second kappa shape index (κ2) is 8.52. The Morgan fingerprint density at radius 1 is 1.04 bits per heavy atom. The van der Waals surface area contributed by atoms with E-state index in [2.05, 4.69) is 10.6 Å². The minimum atomic E-state index is -0.727. The Balaban J connectivity index is 1.72. The second-order valence-electron chi connectivity index (χ2n) is 6.82. The average Bonchev–Trinajstić information content (AvgIpc) is 3.53. The van der Waals surface area contributed by atoms with E-state index in [1.54, 1.807) is 24.3 Å². The number of hydrogen-bond acceptors (Lipinski definition) is 4. The molecule has 0 heterocycles. The summed E-state index contributed by atoms with van der Waals surface area (Å²) in [5, 5.41) is 6.14. The first kappa shape index (κ1) is 20.0. The van der Waals surface area contributed by atoms with Gasteiger partial charge in [0.25, 0.3) is 0 Å². The fraction of sp³-hybridized carbons (Fsp3) is 0.333. The Kier molecular flexibility index (Phi) is 6.09. The van der Waals surface area contributed by atoms with Crippen molar-refractivity contribution in [2.75, 3.05) is 19.5 Å². The SMILES string of the molecule is COc1cc(C)c(NC(=O)C(=O)NC(c2ccc(Cl)cc2)C2CC2)cc1OC. The highest BCUT2D eigenvalue weighted by molar-refractivity contribution is 6.39. The molecule has 7 heteroatoms. The predicted molar refractivity (Wildman–Crippen MR) is 108 cm³/mol. The van der Waals surface area contributed by atoms with Gasteiger partial charge in [-0.3, -0.25) is 9.59 Å². The predicted octanol–water partition coefficient (Wildman–Crippen LogP) is 3.87. The normalized spacial score (nSPS) is 14.1. The van der Waals surface area contributed by atoms with Crippen LogP contribution in [-0.2, 0) is 9.59 Å². The Labute approximate surface area is 169 Å². The lowest BCUT2D eigenvalue weighted by Crippen LogP contribution is -2.38. The van der Waals surface area contributed by atoms with Gasteiger partial charge < -0.3 is 20.1 Å². The van der Waals surface area contributed by atoms with Gasteiger partial charge in [-0.25, -0.2) is 0 Å². The molecule has 0 aliphatic heterocycles. The maximum absolute atomic E-state index is 12.5. The first-order valence-electron chi connectivity index (χ1n) is 9.03. The maximum Gasteiger partial charge on any atom is 0.313 e. The van der Waals surface area contributed by atoms with Gasteiger partial charge in [0, 0.05) is 16.8 Å². The zero-order valence-electron chi connectivity index (χ0n) is 16.0. The molecule has 2 aromatic rings. The van der Waals surface area contributed by atoms with E-state index in [1.165, 1.54) is 14.2 Å². The molecule has 148 valence electrons. The van der Waals surface area contributed by atoms with Crippen LogP contribution in [0.15, 0.2) is 36.4 Å². The summed E-state index contributed by atoms with van der Waals surface area (Å²) in [6, 6.07) is 10.5. The number of amides is 2. The molecule has 1 aliphatic rings. The molecule has 0 spiro atoms. The summed E-state index contributed by atoms with van der Waals surface area (Å²) in [7, 11) is 3.05. The number of benzene rings is 2. The lowest BCUT2D eigenvalue weighted by molar-refractivity contribution is -0.136. The van der Waals surface area contributed by atoms with Crippen molar-refractivity contribution < 1.29 is 19.1 Å². The third kappa shape index (κ3) is 4.57. The van der Waals surface area contributed by atoms with Crippen LogP contribution in [0.25, 0.3) is 0 Å². The van der Waals surface area contributed by atoms with Crippen molar-refractivity contribution in [1.82, 2.24) is 5.32 Å². The summed E-state index contributed by atoms with van der Waals surface area (Å²) in [5.41, 5.74) is 2.19. The van der Waals surface area contributed by atoms with Gasteiger partial charge in [0.1, 0.15) is 0 Å². The monoisotopic (exact) mass is 402 g/mol. The quantitative estimate of drug-likeness (QED) is 0.719. The first-order valence-corrected chi connectivity index (χ1v) is 9.40. The molecule has 1 fully saturated rings. The van der Waals surface area contributed by atoms with E-state index in [0.717, 1.165) is 24.0 Å². The van der Waals surface area contributed by atoms with Gasteiger partial charge in [0.2, 0.25) is 0 Å². The summed E-state index contributed by atoms with van der Waals surface area (Å²) in [6.45, 7) is 1.82. The maximum atomic E-state index is 12.5. The molecular weight excluding hydrogens is 380 g/mol. The molecule has 0 aromatic heterocycles. The Bertz CT molecular complexity index is 879. The van der Waals surface area contributed by atoms with Crippen LogP contribution in [0, 0.1) is 12.8 Å². The third-order valence-corrected chi connectivity index (χ3v) is 5.05. The number of halogens is 1. The number of aryl methyl sites for hydroxylation is 1. The average molecular weight is 403 g/mol. The Morgan fingerprint density at radius 3 is 2.21 bits per heavy atom. The van der Waals surface area contributed by atoms with Gasteiger partial charge in [0.05, 0.1) is 20.3 Å². The fourth-order valence-corrected chi connectivity index (χ4v) is 3.20. The topological polar surface area (TPSA) is 76.7 Å². The number of ether oxygens (including phenoxy) is 2. The van der Waals surface area contributed by atoms with Gasteiger partial charge in [-0.05, 0) is 55.0 Å². The molecule has 1 unspecified atom stereocenters. The second-order valence-corrected chi connectivity index (χ2v) is 7.25. The van der Waals surface area contributed by atoms with Crippen molar-refractivity contribution in [2.45, 2.75) is 25.8 Å². The number of rotatable bonds is 6. The van der Waals surface area contributed by atoms with Crippen molar-refractivity contribution in [3.8, 4) is 11.5 Å². The van der Waals surface area contributed by atoms with E-state index in [1.807, 2.05) is 19.1 Å². The number of hydrogen-bond donors (Lipinski definition) is 2. The van der Waals surface area contributed by atoms with Crippen molar-refractivity contribution in [3.05, 3.63) is 52.5 Å². The zero-order valence-corrected chi connectivity index (χ0v) is 16.8. The summed E-state index contributed by atoms with van der Waals surface area (Å²) < 4.78 is 10.5. The van der Waals surface area contributed by atoms with Crippen LogP contribution >= 0.6 is 11.6 Å². The molecule has 2 amide bonds. The van der Waals surface area contributed by atoms with Gasteiger partial charge in [-0.2, -0.15) is 0 Å². The van der Waals surface area contributed by atoms with Gasteiger partial charge in [0.15, 0.2) is 11.5 Å². The summed E-state index contributed by atoms with van der Waals surface area (Å²) in [5.74, 6) is -0.0449. The minimum absolute atomic E-state index is 0.206. The highest BCUT2D eigenvalue weighted by Gasteiger charge is 2.34. The molecule has 0 bridgehead atoms. The molecule has 1 aliphatic carbocycles. The van der Waals surface area contributed by atoms with E-state index in [-0.39, 0.29) is 6.04 Å². The molecule has 6 nitrogen and oxygen atoms in total. The third-order valence-electron chi connectivity index (χ3n) is 4.79. The molecule has 0 saturated heterocycles. The van der Waals surface area contributed by atoms with Crippen LogP contribution in [0.1, 0.15) is 30.0 Å². The first-order chi connectivity index (χ1) is 13.4. The highest BCUT2D eigenvalue weighted by Crippen LogP contribution is 2.41. The fourth-order valence-electron chi connectivity index (χ4n) is 3.07. The summed E-state index contributed by atoms with van der Waals surface area (Å²) in [6.07, 6.45) is 2.04. The zero-order chi connectivity index (χ0) is 20.3. The standard InChI is InChI=1S/C21H23ClN2O4/c1-12-10-17(27-2)18(28-3)11-16(12)23-20(25)21(26)24-19(13-4-5-13)14-6-8-15(22)9-7-14/h6-11,13,19H,4-5H2,1-3H3,(H,23,25)(H,24,26). The lowest BCUT2D eigenvalue weighted by atomic mass is 10.0. The van der Waals surface area contributed by atoms with Crippen molar-refractivity contribution in [3.63, 3.8) is 0 Å². The number of carbonyl (C=O) groups is 2. The van der Waals surface area contributed by atoms with Crippen LogP contribution in [-0.4, -0.2) is 26.0 Å². The highest BCUT2D eigenvalue weighted by atomic mass is 35.5. The van der Waals surface area contributed by atoms with Crippen molar-refractivity contribution >= 4 is 29.1 Å². The van der Waals surface area contributed by atoms with Crippen LogP contribution in [0.2, 0.25) is 5.02 Å². The Morgan fingerprint density at radius 2 is 1.64 bits per heavy atom. The van der Waals surface area contributed by atoms with E-state index < -0.39 is 11.8 Å². The van der Waals surface area contributed by atoms with E-state index in [9.17, 15) is 9.59 Å². The van der Waals surface area contributed by atoms with Crippen molar-refractivity contribution in [2.24, 2.45) is 5.92 Å². The number of methoxy groups -OCH3 is 2. The molecule has 3 rings (SSSR count). The van der Waals surface area contributed by atoms with Gasteiger partial charge in [-0.1, -0.05) is 23.7 Å². The van der Waals surface area contributed by atoms with Crippen LogP contribution in [0.5, 0.6) is 11.5 Å². The largest absolute Gasteiger partial charge is 0.493 e. The van der Waals surface area contributed by atoms with Crippen LogP contribution in [0.4, 0.5) is 5.69 Å². The molecule has 1 atom stereocenters. The van der Waals surface area contributed by atoms with Crippen LogP contribution < -0.4 is 20.1 Å². The molecule has 0 radical (unpaired) electrons. The number of nitrogens with one attached hydrogen (secondary N) is 2. The number of carbonyl (C=O) groups excluding carboxylic acids is 2. The molecule has 28 heavy (non-hydrogen) atoms. The molecular formula is C21H23ClN2O4. The van der Waals surface area contributed by atoms with Gasteiger partial charge in [-0.15, -0.1) is 0 Å². The number of anilines is 1. The minimum Gasteiger partial charge on any atom is -0.493 e. The van der Waals surface area contributed by atoms with E-state index in [0.29, 0.717) is 28.1 Å². The van der Waals surface area contributed by atoms with Crippen LogP contribution in [0.3, 0.4) is 0 Å². The Hall–Kier alpha value is -2.73. The molecule has 2 aromatic carbocycles. The van der Waals surface area contributed by atoms with E-state index >= 15 is 0 Å². The smallest absolute Gasteiger partial charge is 0.313 e. The molecule has 1 saturated carbocycles. The van der Waals surface area contributed by atoms with Gasteiger partial charge >= 0.3 is 11.8 Å².